The molecule has 13 heavy (non-hydrogen) atoms. The average Bonchev–Trinajstić information content (AvgIpc) is 2.05. The van der Waals surface area contributed by atoms with Gasteiger partial charge in [0.2, 0.25) is 0 Å². The maximum Gasteiger partial charge on any atom is 0.306 e. The number of aliphatic carboxylic acids is 2. The van der Waals surface area contributed by atoms with Crippen LogP contribution in [-0.4, -0.2) is 22.2 Å². The molecule has 0 aliphatic heterocycles. The fraction of sp³-hybridized carbons (Fsp3) is 0.778. The molecule has 0 spiro atoms. The molecular formula is C9H16O4. The van der Waals surface area contributed by atoms with Crippen LogP contribution in [0.15, 0.2) is 0 Å². The summed E-state index contributed by atoms with van der Waals surface area (Å²) < 4.78 is 0. The molecule has 0 saturated heterocycles. The maximum atomic E-state index is 10.6. The van der Waals surface area contributed by atoms with Crippen molar-refractivity contribution in [1.82, 2.24) is 0 Å². The first-order valence-electron chi connectivity index (χ1n) is 4.48. The van der Waals surface area contributed by atoms with Gasteiger partial charge < -0.3 is 10.2 Å². The lowest BCUT2D eigenvalue weighted by molar-refractivity contribution is -0.145. The highest BCUT2D eigenvalue weighted by Crippen LogP contribution is 2.18. The minimum Gasteiger partial charge on any atom is -0.481 e. The zero-order valence-corrected chi connectivity index (χ0v) is 7.99. The molecule has 0 radical (unpaired) electrons. The molecule has 0 aromatic rings. The Morgan fingerprint density at radius 3 is 1.46 bits per heavy atom. The van der Waals surface area contributed by atoms with E-state index in [9.17, 15) is 9.59 Å². The molecule has 0 unspecified atom stereocenters. The lowest BCUT2D eigenvalue weighted by atomic mass is 9.91. The molecule has 0 rings (SSSR count). The molecule has 4 heteroatoms. The van der Waals surface area contributed by atoms with E-state index in [0.717, 1.165) is 0 Å². The Balaban J connectivity index is 4.19. The predicted octanol–water partition coefficient (Wildman–Crippen LogP) is 1.60. The van der Waals surface area contributed by atoms with Crippen LogP contribution in [0.5, 0.6) is 0 Å². The van der Waals surface area contributed by atoms with Gasteiger partial charge in [0.1, 0.15) is 0 Å². The Labute approximate surface area is 77.6 Å². The van der Waals surface area contributed by atoms with Crippen LogP contribution in [0.25, 0.3) is 0 Å². The Morgan fingerprint density at radius 2 is 1.31 bits per heavy atom. The first-order chi connectivity index (χ1) is 6.02. The van der Waals surface area contributed by atoms with Crippen molar-refractivity contribution in [1.29, 1.82) is 0 Å². The fourth-order valence-electron chi connectivity index (χ4n) is 1.23. The van der Waals surface area contributed by atoms with Crippen molar-refractivity contribution in [2.45, 2.75) is 33.1 Å². The smallest absolute Gasteiger partial charge is 0.306 e. The normalized spacial score (nSPS) is 14.9. The molecule has 76 valence electrons. The van der Waals surface area contributed by atoms with Crippen LogP contribution in [0, 0.1) is 11.8 Å². The third-order valence-corrected chi connectivity index (χ3v) is 2.25. The monoisotopic (exact) mass is 188 g/mol. The van der Waals surface area contributed by atoms with E-state index in [1.54, 1.807) is 13.8 Å². The number of carboxylic acids is 2. The molecule has 0 aliphatic rings. The molecule has 0 fully saturated rings. The van der Waals surface area contributed by atoms with E-state index in [0.29, 0.717) is 12.8 Å². The molecule has 2 atom stereocenters. The van der Waals surface area contributed by atoms with Crippen molar-refractivity contribution < 1.29 is 19.8 Å². The molecule has 0 saturated carbocycles. The van der Waals surface area contributed by atoms with Gasteiger partial charge in [0.15, 0.2) is 0 Å². The second-order valence-electron chi connectivity index (χ2n) is 3.12. The number of hydrogen-bond acceptors (Lipinski definition) is 2. The van der Waals surface area contributed by atoms with E-state index in [1.165, 1.54) is 0 Å². The molecule has 2 N–H and O–H groups in total. The summed E-state index contributed by atoms with van der Waals surface area (Å²) in [5.41, 5.74) is 0. The summed E-state index contributed by atoms with van der Waals surface area (Å²) in [5.74, 6) is -2.86. The lowest BCUT2D eigenvalue weighted by Gasteiger charge is -2.14. The van der Waals surface area contributed by atoms with Gasteiger partial charge in [-0.15, -0.1) is 0 Å². The van der Waals surface area contributed by atoms with Gasteiger partial charge in [0, 0.05) is 0 Å². The van der Waals surface area contributed by atoms with Crippen LogP contribution in [-0.2, 0) is 9.59 Å². The van der Waals surface area contributed by atoms with Gasteiger partial charge in [-0.2, -0.15) is 0 Å². The minimum absolute atomic E-state index is 0.234. The number of rotatable bonds is 6. The summed E-state index contributed by atoms with van der Waals surface area (Å²) in [6.45, 7) is 3.51. The van der Waals surface area contributed by atoms with Crippen molar-refractivity contribution in [2.75, 3.05) is 0 Å². The molecule has 0 heterocycles. The van der Waals surface area contributed by atoms with Gasteiger partial charge in [-0.3, -0.25) is 9.59 Å². The van der Waals surface area contributed by atoms with E-state index in [2.05, 4.69) is 0 Å². The third-order valence-electron chi connectivity index (χ3n) is 2.25. The zero-order valence-electron chi connectivity index (χ0n) is 7.99. The Bertz CT molecular complexity index is 168. The summed E-state index contributed by atoms with van der Waals surface area (Å²) >= 11 is 0. The molecular weight excluding hydrogens is 172 g/mol. The van der Waals surface area contributed by atoms with E-state index in [-0.39, 0.29) is 6.42 Å². The largest absolute Gasteiger partial charge is 0.481 e. The van der Waals surface area contributed by atoms with Gasteiger partial charge in [-0.1, -0.05) is 13.8 Å². The molecule has 0 amide bonds. The molecule has 0 aliphatic carbocycles. The van der Waals surface area contributed by atoms with Crippen molar-refractivity contribution in [3.63, 3.8) is 0 Å². The van der Waals surface area contributed by atoms with Gasteiger partial charge in [0.25, 0.3) is 0 Å². The average molecular weight is 188 g/mol. The van der Waals surface area contributed by atoms with Gasteiger partial charge in [0.05, 0.1) is 11.8 Å². The minimum atomic E-state index is -0.901. The summed E-state index contributed by atoms with van der Waals surface area (Å²) in [7, 11) is 0. The summed E-state index contributed by atoms with van der Waals surface area (Å²) in [4.78, 5) is 21.2. The van der Waals surface area contributed by atoms with Crippen molar-refractivity contribution in [3.05, 3.63) is 0 Å². The Hall–Kier alpha value is -1.06. The fourth-order valence-corrected chi connectivity index (χ4v) is 1.23. The second kappa shape index (κ2) is 5.56. The highest BCUT2D eigenvalue weighted by molar-refractivity contribution is 5.73. The van der Waals surface area contributed by atoms with Gasteiger partial charge in [-0.05, 0) is 19.3 Å². The molecule has 0 aromatic carbocycles. The zero-order chi connectivity index (χ0) is 10.4. The standard InChI is InChI=1S/C9H16O4/c1-3-6(8(10)11)5-7(4-2)9(12)13/h6-7H,3-5H2,1-2H3,(H,10,11)(H,12,13)/t6-,7-/m0/s1. The van der Waals surface area contributed by atoms with Crippen LogP contribution < -0.4 is 0 Å². The summed E-state index contributed by atoms with van der Waals surface area (Å²) in [6.07, 6.45) is 1.20. The Morgan fingerprint density at radius 1 is 1.00 bits per heavy atom. The first kappa shape index (κ1) is 11.9. The summed E-state index contributed by atoms with van der Waals surface area (Å²) in [6, 6.07) is 0. The van der Waals surface area contributed by atoms with Crippen molar-refractivity contribution >= 4 is 11.9 Å². The predicted molar refractivity (Wildman–Crippen MR) is 47.5 cm³/mol. The number of hydrogen-bond donors (Lipinski definition) is 2. The lowest BCUT2D eigenvalue weighted by Crippen LogP contribution is -2.21. The van der Waals surface area contributed by atoms with E-state index < -0.39 is 23.8 Å². The number of carbonyl (C=O) groups is 2. The van der Waals surface area contributed by atoms with Gasteiger partial charge >= 0.3 is 11.9 Å². The second-order valence-corrected chi connectivity index (χ2v) is 3.12. The molecule has 0 bridgehead atoms. The van der Waals surface area contributed by atoms with Crippen LogP contribution in [0.2, 0.25) is 0 Å². The van der Waals surface area contributed by atoms with Crippen LogP contribution in [0.4, 0.5) is 0 Å². The topological polar surface area (TPSA) is 74.6 Å². The quantitative estimate of drug-likeness (QED) is 0.663. The third kappa shape index (κ3) is 3.92. The highest BCUT2D eigenvalue weighted by Gasteiger charge is 2.24. The van der Waals surface area contributed by atoms with Crippen LogP contribution >= 0.6 is 0 Å². The van der Waals surface area contributed by atoms with Crippen molar-refractivity contribution in [3.8, 4) is 0 Å². The number of carboxylic acid groups (broad SMARTS) is 2. The van der Waals surface area contributed by atoms with Crippen LogP contribution in [0.1, 0.15) is 33.1 Å². The van der Waals surface area contributed by atoms with E-state index >= 15 is 0 Å². The van der Waals surface area contributed by atoms with Crippen LogP contribution in [0.3, 0.4) is 0 Å². The molecule has 0 aromatic heterocycles. The van der Waals surface area contributed by atoms with Crippen molar-refractivity contribution in [2.24, 2.45) is 11.8 Å². The van der Waals surface area contributed by atoms with Gasteiger partial charge in [-0.25, -0.2) is 0 Å². The van der Waals surface area contributed by atoms with E-state index in [1.807, 2.05) is 0 Å². The SMILES string of the molecule is CC[C@@H](C[C@H](CC)C(=O)O)C(=O)O. The maximum absolute atomic E-state index is 10.6. The highest BCUT2D eigenvalue weighted by atomic mass is 16.4. The summed E-state index contributed by atoms with van der Waals surface area (Å²) in [5, 5.41) is 17.4. The molecule has 4 nitrogen and oxygen atoms in total. The first-order valence-corrected chi connectivity index (χ1v) is 4.48. The van der Waals surface area contributed by atoms with E-state index in [4.69, 9.17) is 10.2 Å². The Kier molecular flexibility index (Phi) is 5.11.